The first-order chi connectivity index (χ1) is 9.43. The van der Waals surface area contributed by atoms with E-state index in [-0.39, 0.29) is 18.7 Å². The minimum Gasteiger partial charge on any atom is -0.370 e. The summed E-state index contributed by atoms with van der Waals surface area (Å²) in [7, 11) is 0. The van der Waals surface area contributed by atoms with Crippen LogP contribution >= 0.6 is 0 Å². The summed E-state index contributed by atoms with van der Waals surface area (Å²) in [5.41, 5.74) is 1.16. The minimum absolute atomic E-state index is 0.0327. The fourth-order valence-electron chi connectivity index (χ4n) is 2.64. The molecule has 1 fully saturated rings. The summed E-state index contributed by atoms with van der Waals surface area (Å²) in [5, 5.41) is 0. The Morgan fingerprint density at radius 1 is 1.35 bits per heavy atom. The van der Waals surface area contributed by atoms with Gasteiger partial charge >= 0.3 is 6.18 Å². The molecule has 1 saturated heterocycles. The van der Waals surface area contributed by atoms with E-state index in [1.807, 2.05) is 0 Å². The van der Waals surface area contributed by atoms with E-state index in [0.717, 1.165) is 0 Å². The number of halogens is 3. The van der Waals surface area contributed by atoms with Crippen molar-refractivity contribution in [1.82, 2.24) is 0 Å². The molecule has 2 rings (SSSR count). The number of piperidine rings is 1. The van der Waals surface area contributed by atoms with Crippen LogP contribution in [0.15, 0.2) is 24.3 Å². The zero-order valence-electron chi connectivity index (χ0n) is 11.4. The van der Waals surface area contributed by atoms with Gasteiger partial charge in [-0.2, -0.15) is 13.2 Å². The van der Waals surface area contributed by atoms with Crippen LogP contribution in [0.1, 0.15) is 36.5 Å². The van der Waals surface area contributed by atoms with Crippen molar-refractivity contribution in [3.63, 3.8) is 0 Å². The summed E-state index contributed by atoms with van der Waals surface area (Å²) in [6.45, 7) is 2.27. The Morgan fingerprint density at radius 3 is 2.70 bits per heavy atom. The topological polar surface area (TPSA) is 20.3 Å². The van der Waals surface area contributed by atoms with Gasteiger partial charge in [-0.05, 0) is 25.0 Å². The molecule has 1 aliphatic rings. The van der Waals surface area contributed by atoms with Crippen LogP contribution < -0.4 is 4.90 Å². The Balaban J connectivity index is 2.25. The maximum Gasteiger partial charge on any atom is 0.393 e. The van der Waals surface area contributed by atoms with E-state index in [9.17, 15) is 18.0 Å². The summed E-state index contributed by atoms with van der Waals surface area (Å²) in [5.74, 6) is -1.34. The monoisotopic (exact) mass is 285 g/mol. The summed E-state index contributed by atoms with van der Waals surface area (Å²) in [6, 6.07) is 6.94. The number of anilines is 1. The normalized spacial score (nSPS) is 20.0. The standard InChI is InChI=1S/C15H18F3NO/c1-2-14(20)12-7-3-4-8-13(12)19-9-5-6-11(10-19)15(16,17)18/h3-4,7-8,11H,2,5-6,9-10H2,1H3. The lowest BCUT2D eigenvalue weighted by atomic mass is 9.95. The number of para-hydroxylation sites is 1. The molecule has 1 aromatic rings. The number of ketones is 1. The lowest BCUT2D eigenvalue weighted by Gasteiger charge is -2.36. The van der Waals surface area contributed by atoms with E-state index in [1.54, 1.807) is 36.1 Å². The molecule has 0 bridgehead atoms. The number of alkyl halides is 3. The van der Waals surface area contributed by atoms with Gasteiger partial charge in [-0.25, -0.2) is 0 Å². The minimum atomic E-state index is -4.16. The van der Waals surface area contributed by atoms with Crippen molar-refractivity contribution in [2.24, 2.45) is 5.92 Å². The van der Waals surface area contributed by atoms with E-state index < -0.39 is 12.1 Å². The highest BCUT2D eigenvalue weighted by Crippen LogP contribution is 2.35. The van der Waals surface area contributed by atoms with Crippen LogP contribution in [0.25, 0.3) is 0 Å². The smallest absolute Gasteiger partial charge is 0.370 e. The number of carbonyl (C=O) groups excluding carboxylic acids is 1. The van der Waals surface area contributed by atoms with Gasteiger partial charge < -0.3 is 4.90 Å². The van der Waals surface area contributed by atoms with E-state index >= 15 is 0 Å². The number of carbonyl (C=O) groups is 1. The zero-order valence-corrected chi connectivity index (χ0v) is 11.4. The molecule has 0 aliphatic carbocycles. The molecule has 0 aromatic heterocycles. The molecular formula is C15H18F3NO. The van der Waals surface area contributed by atoms with Gasteiger partial charge in [0.15, 0.2) is 5.78 Å². The Kier molecular flexibility index (Phi) is 4.35. The highest BCUT2D eigenvalue weighted by Gasteiger charge is 2.42. The molecule has 1 aliphatic heterocycles. The van der Waals surface area contributed by atoms with Gasteiger partial charge in [0.25, 0.3) is 0 Å². The van der Waals surface area contributed by atoms with Crippen LogP contribution in [0.3, 0.4) is 0 Å². The molecule has 0 N–H and O–H groups in total. The summed E-state index contributed by atoms with van der Waals surface area (Å²) >= 11 is 0. The zero-order chi connectivity index (χ0) is 14.8. The Labute approximate surface area is 116 Å². The molecule has 2 nitrogen and oxygen atoms in total. The molecule has 0 spiro atoms. The SMILES string of the molecule is CCC(=O)c1ccccc1N1CCCC(C(F)(F)F)C1. The van der Waals surface area contributed by atoms with E-state index in [1.165, 1.54) is 0 Å². The quantitative estimate of drug-likeness (QED) is 0.781. The van der Waals surface area contributed by atoms with Crippen molar-refractivity contribution in [1.29, 1.82) is 0 Å². The number of hydrogen-bond donors (Lipinski definition) is 0. The molecule has 0 radical (unpaired) electrons. The fraction of sp³-hybridized carbons (Fsp3) is 0.533. The Bertz CT molecular complexity index is 484. The van der Waals surface area contributed by atoms with E-state index in [2.05, 4.69) is 0 Å². The number of benzene rings is 1. The Hall–Kier alpha value is -1.52. The van der Waals surface area contributed by atoms with Crippen molar-refractivity contribution in [3.05, 3.63) is 29.8 Å². The lowest BCUT2D eigenvalue weighted by Crippen LogP contribution is -2.42. The van der Waals surface area contributed by atoms with E-state index in [0.29, 0.717) is 30.6 Å². The summed E-state index contributed by atoms with van der Waals surface area (Å²) in [6.07, 6.45) is -3.14. The van der Waals surface area contributed by atoms with E-state index in [4.69, 9.17) is 0 Å². The van der Waals surface area contributed by atoms with Crippen molar-refractivity contribution in [3.8, 4) is 0 Å². The molecule has 20 heavy (non-hydrogen) atoms. The average molecular weight is 285 g/mol. The number of nitrogens with zero attached hydrogens (tertiary/aromatic N) is 1. The first-order valence-electron chi connectivity index (χ1n) is 6.87. The maximum atomic E-state index is 12.9. The number of hydrogen-bond acceptors (Lipinski definition) is 2. The van der Waals surface area contributed by atoms with Gasteiger partial charge in [-0.15, -0.1) is 0 Å². The molecule has 0 amide bonds. The number of Topliss-reactive ketones (excluding diaryl/α,β-unsaturated/α-hetero) is 1. The molecule has 0 saturated carbocycles. The third-order valence-corrected chi connectivity index (χ3v) is 3.75. The second-order valence-corrected chi connectivity index (χ2v) is 5.12. The van der Waals surface area contributed by atoms with Gasteiger partial charge in [0, 0.05) is 30.8 Å². The van der Waals surface area contributed by atoms with Gasteiger partial charge in [0.1, 0.15) is 0 Å². The van der Waals surface area contributed by atoms with Gasteiger partial charge in [-0.1, -0.05) is 19.1 Å². The fourth-order valence-corrected chi connectivity index (χ4v) is 2.64. The van der Waals surface area contributed by atoms with Crippen molar-refractivity contribution in [2.75, 3.05) is 18.0 Å². The van der Waals surface area contributed by atoms with Crippen molar-refractivity contribution < 1.29 is 18.0 Å². The van der Waals surface area contributed by atoms with Crippen LogP contribution in [-0.4, -0.2) is 25.0 Å². The van der Waals surface area contributed by atoms with Gasteiger partial charge in [0.2, 0.25) is 0 Å². The summed E-state index contributed by atoms with van der Waals surface area (Å²) in [4.78, 5) is 13.6. The third-order valence-electron chi connectivity index (χ3n) is 3.75. The van der Waals surface area contributed by atoms with Gasteiger partial charge in [0.05, 0.1) is 5.92 Å². The van der Waals surface area contributed by atoms with Crippen LogP contribution in [0, 0.1) is 5.92 Å². The second kappa shape index (κ2) is 5.85. The Morgan fingerprint density at radius 2 is 2.05 bits per heavy atom. The molecule has 110 valence electrons. The number of rotatable bonds is 3. The first-order valence-corrected chi connectivity index (χ1v) is 6.87. The highest BCUT2D eigenvalue weighted by molar-refractivity contribution is 6.01. The third kappa shape index (κ3) is 3.14. The molecule has 1 aromatic carbocycles. The first kappa shape index (κ1) is 14.9. The van der Waals surface area contributed by atoms with Crippen molar-refractivity contribution in [2.45, 2.75) is 32.4 Å². The predicted octanol–water partition coefficient (Wildman–Crippen LogP) is 4.06. The second-order valence-electron chi connectivity index (χ2n) is 5.12. The molecule has 1 heterocycles. The molecule has 1 unspecified atom stereocenters. The predicted molar refractivity (Wildman–Crippen MR) is 72.1 cm³/mol. The van der Waals surface area contributed by atoms with Crippen molar-refractivity contribution >= 4 is 11.5 Å². The lowest BCUT2D eigenvalue weighted by molar-refractivity contribution is -0.175. The van der Waals surface area contributed by atoms with Crippen LogP contribution in [0.5, 0.6) is 0 Å². The molecule has 1 atom stereocenters. The summed E-state index contributed by atoms with van der Waals surface area (Å²) < 4.78 is 38.6. The average Bonchev–Trinajstić information content (AvgIpc) is 2.45. The van der Waals surface area contributed by atoms with Crippen LogP contribution in [-0.2, 0) is 0 Å². The molecular weight excluding hydrogens is 267 g/mol. The molecule has 5 heteroatoms. The largest absolute Gasteiger partial charge is 0.393 e. The van der Waals surface area contributed by atoms with Gasteiger partial charge in [-0.3, -0.25) is 4.79 Å². The maximum absolute atomic E-state index is 12.9. The highest BCUT2D eigenvalue weighted by atomic mass is 19.4. The van der Waals surface area contributed by atoms with Crippen LogP contribution in [0.4, 0.5) is 18.9 Å². The van der Waals surface area contributed by atoms with Crippen LogP contribution in [0.2, 0.25) is 0 Å².